The lowest BCUT2D eigenvalue weighted by Gasteiger charge is -2.16. The van der Waals surface area contributed by atoms with Crippen molar-refractivity contribution >= 4 is 11.8 Å². The number of carbonyl (C=O) groups is 2. The molecule has 0 bridgehead atoms. The number of hydrogen-bond donors (Lipinski definition) is 1. The van der Waals surface area contributed by atoms with Gasteiger partial charge in [-0.25, -0.2) is 0 Å². The summed E-state index contributed by atoms with van der Waals surface area (Å²) in [6.45, 7) is 1.78. The third-order valence-electron chi connectivity index (χ3n) is 4.05. The molecule has 20 heavy (non-hydrogen) atoms. The molecular formula is C13H18N4O3. The number of likely N-dealkylation sites (tertiary alicyclic amines) is 1. The highest BCUT2D eigenvalue weighted by atomic mass is 16.3. The van der Waals surface area contributed by atoms with Crippen LogP contribution in [0.15, 0.2) is 0 Å². The van der Waals surface area contributed by atoms with Gasteiger partial charge in [-0.15, -0.1) is 0 Å². The lowest BCUT2D eigenvalue weighted by molar-refractivity contribution is -0.135. The van der Waals surface area contributed by atoms with Gasteiger partial charge in [-0.05, 0) is 6.42 Å². The van der Waals surface area contributed by atoms with Crippen LogP contribution in [0.1, 0.15) is 29.8 Å². The van der Waals surface area contributed by atoms with E-state index in [9.17, 15) is 9.59 Å². The van der Waals surface area contributed by atoms with Crippen molar-refractivity contribution in [2.45, 2.75) is 32.5 Å². The molecule has 0 radical (unpaired) electrons. The van der Waals surface area contributed by atoms with E-state index in [1.54, 1.807) is 9.58 Å². The third kappa shape index (κ3) is 2.07. The molecule has 2 aliphatic rings. The van der Waals surface area contributed by atoms with Crippen LogP contribution in [0.3, 0.4) is 0 Å². The van der Waals surface area contributed by atoms with Gasteiger partial charge in [-0.1, -0.05) is 0 Å². The van der Waals surface area contributed by atoms with E-state index >= 15 is 0 Å². The number of aliphatic hydroxyl groups is 1. The van der Waals surface area contributed by atoms with Crippen LogP contribution in [0, 0.1) is 0 Å². The quantitative estimate of drug-likeness (QED) is 0.799. The van der Waals surface area contributed by atoms with Crippen LogP contribution in [0.4, 0.5) is 0 Å². The largest absolute Gasteiger partial charge is 0.387 e. The maximum absolute atomic E-state index is 11.7. The second-order valence-corrected chi connectivity index (χ2v) is 5.32. The van der Waals surface area contributed by atoms with Crippen LogP contribution < -0.4 is 0 Å². The molecule has 3 rings (SSSR count). The van der Waals surface area contributed by atoms with Gasteiger partial charge in [0.2, 0.25) is 11.8 Å². The van der Waals surface area contributed by atoms with E-state index in [0.29, 0.717) is 26.1 Å². The van der Waals surface area contributed by atoms with Gasteiger partial charge in [0.05, 0.1) is 24.5 Å². The first-order valence-electron chi connectivity index (χ1n) is 6.80. The molecule has 108 valence electrons. The second-order valence-electron chi connectivity index (χ2n) is 5.32. The van der Waals surface area contributed by atoms with Crippen LogP contribution in [-0.4, -0.2) is 49.7 Å². The zero-order valence-electron chi connectivity index (χ0n) is 11.5. The Labute approximate surface area is 116 Å². The summed E-state index contributed by atoms with van der Waals surface area (Å²) in [4.78, 5) is 26.7. The fraction of sp³-hybridized carbons (Fsp3) is 0.615. The minimum absolute atomic E-state index is 0.172. The molecule has 0 aliphatic carbocycles. The minimum Gasteiger partial charge on any atom is -0.387 e. The normalized spacial score (nSPS) is 18.0. The lowest BCUT2D eigenvalue weighted by Crippen LogP contribution is -2.29. The number of carbonyl (C=O) groups excluding carboxylic acids is 2. The number of nitrogens with zero attached hydrogens (tertiary/aromatic N) is 4. The Hall–Kier alpha value is -1.89. The number of hydrogen-bond acceptors (Lipinski definition) is 4. The molecule has 7 heteroatoms. The number of aryl methyl sites for hydroxylation is 1. The predicted octanol–water partition coefficient (Wildman–Crippen LogP) is -0.623. The molecule has 3 heterocycles. The average molecular weight is 278 g/mol. The molecule has 1 aromatic rings. The van der Waals surface area contributed by atoms with E-state index in [1.165, 1.54) is 0 Å². The highest BCUT2D eigenvalue weighted by molar-refractivity contribution is 5.78. The third-order valence-corrected chi connectivity index (χ3v) is 4.05. The smallest absolute Gasteiger partial charge is 0.248 e. The van der Waals surface area contributed by atoms with E-state index in [2.05, 4.69) is 5.10 Å². The Morgan fingerprint density at radius 3 is 2.85 bits per heavy atom. The van der Waals surface area contributed by atoms with Crippen LogP contribution in [-0.2, 0) is 36.3 Å². The van der Waals surface area contributed by atoms with Gasteiger partial charge in [0.15, 0.2) is 0 Å². The van der Waals surface area contributed by atoms with Gasteiger partial charge in [0.25, 0.3) is 0 Å². The van der Waals surface area contributed by atoms with Crippen molar-refractivity contribution in [3.05, 3.63) is 17.0 Å². The predicted molar refractivity (Wildman–Crippen MR) is 69.2 cm³/mol. The van der Waals surface area contributed by atoms with E-state index in [4.69, 9.17) is 5.11 Å². The summed E-state index contributed by atoms with van der Waals surface area (Å²) in [7, 11) is 1.85. The monoisotopic (exact) mass is 278 g/mol. The van der Waals surface area contributed by atoms with E-state index < -0.39 is 6.61 Å². The van der Waals surface area contributed by atoms with Crippen molar-refractivity contribution in [1.29, 1.82) is 0 Å². The Morgan fingerprint density at radius 2 is 2.20 bits per heavy atom. The number of aliphatic hydroxyl groups excluding tert-OH is 1. The first-order chi connectivity index (χ1) is 9.60. The minimum atomic E-state index is -0.471. The molecule has 2 amide bonds. The number of rotatable bonds is 3. The van der Waals surface area contributed by atoms with E-state index in [0.717, 1.165) is 29.9 Å². The van der Waals surface area contributed by atoms with E-state index in [1.807, 2.05) is 11.9 Å². The summed E-state index contributed by atoms with van der Waals surface area (Å²) in [5, 5.41) is 13.4. The van der Waals surface area contributed by atoms with Crippen LogP contribution in [0.5, 0.6) is 0 Å². The SMILES string of the molecule is Cn1nc(CN2CCCC2=O)c2c1CN(C(=O)CO)C2. The molecular weight excluding hydrogens is 260 g/mol. The van der Waals surface area contributed by atoms with Crippen molar-refractivity contribution in [3.8, 4) is 0 Å². The molecule has 1 N–H and O–H groups in total. The van der Waals surface area contributed by atoms with Gasteiger partial charge < -0.3 is 14.9 Å². The van der Waals surface area contributed by atoms with E-state index in [-0.39, 0.29) is 11.8 Å². The summed E-state index contributed by atoms with van der Waals surface area (Å²) in [6.07, 6.45) is 1.52. The summed E-state index contributed by atoms with van der Waals surface area (Å²) in [5.74, 6) is -0.102. The molecule has 0 spiro atoms. The molecule has 1 saturated heterocycles. The zero-order chi connectivity index (χ0) is 14.3. The van der Waals surface area contributed by atoms with Gasteiger partial charge in [0, 0.05) is 32.1 Å². The standard InChI is InChI=1S/C13H18N4O3/c1-15-11-7-17(13(20)8-18)5-9(11)10(14-15)6-16-4-2-3-12(16)19/h18H,2-8H2,1H3. The van der Waals surface area contributed by atoms with Crippen LogP contribution in [0.25, 0.3) is 0 Å². The van der Waals surface area contributed by atoms with Crippen molar-refractivity contribution in [2.75, 3.05) is 13.2 Å². The molecule has 0 unspecified atom stereocenters. The number of fused-ring (bicyclic) bond motifs is 1. The first kappa shape index (κ1) is 13.1. The Morgan fingerprint density at radius 1 is 1.40 bits per heavy atom. The molecule has 0 saturated carbocycles. The Kier molecular flexibility index (Phi) is 3.21. The van der Waals surface area contributed by atoms with Gasteiger partial charge in [-0.3, -0.25) is 14.3 Å². The Balaban J connectivity index is 1.80. The highest BCUT2D eigenvalue weighted by Crippen LogP contribution is 2.27. The van der Waals surface area contributed by atoms with Crippen molar-refractivity contribution in [3.63, 3.8) is 0 Å². The fourth-order valence-electron chi connectivity index (χ4n) is 2.93. The topological polar surface area (TPSA) is 78.7 Å². The lowest BCUT2D eigenvalue weighted by atomic mass is 10.2. The van der Waals surface area contributed by atoms with Crippen LogP contribution in [0.2, 0.25) is 0 Å². The fourth-order valence-corrected chi connectivity index (χ4v) is 2.93. The van der Waals surface area contributed by atoms with Crippen LogP contribution >= 0.6 is 0 Å². The van der Waals surface area contributed by atoms with Crippen molar-refractivity contribution in [1.82, 2.24) is 19.6 Å². The number of amides is 2. The zero-order valence-corrected chi connectivity index (χ0v) is 11.5. The highest BCUT2D eigenvalue weighted by Gasteiger charge is 2.31. The molecule has 0 aromatic carbocycles. The molecule has 7 nitrogen and oxygen atoms in total. The number of aromatic nitrogens is 2. The summed E-state index contributed by atoms with van der Waals surface area (Å²) < 4.78 is 1.77. The van der Waals surface area contributed by atoms with Crippen molar-refractivity contribution in [2.24, 2.45) is 7.05 Å². The summed E-state index contributed by atoms with van der Waals surface area (Å²) >= 11 is 0. The molecule has 2 aliphatic heterocycles. The molecule has 0 atom stereocenters. The second kappa shape index (κ2) is 4.90. The first-order valence-corrected chi connectivity index (χ1v) is 6.80. The maximum atomic E-state index is 11.7. The summed E-state index contributed by atoms with van der Waals surface area (Å²) in [5.41, 5.74) is 2.88. The maximum Gasteiger partial charge on any atom is 0.248 e. The van der Waals surface area contributed by atoms with Gasteiger partial charge in [0.1, 0.15) is 6.61 Å². The molecule has 1 fully saturated rings. The molecule has 1 aromatic heterocycles. The average Bonchev–Trinajstić information content (AvgIpc) is 3.09. The van der Waals surface area contributed by atoms with Gasteiger partial charge in [-0.2, -0.15) is 5.10 Å². The van der Waals surface area contributed by atoms with Gasteiger partial charge >= 0.3 is 0 Å². The summed E-state index contributed by atoms with van der Waals surface area (Å²) in [6, 6.07) is 0. The van der Waals surface area contributed by atoms with Crippen molar-refractivity contribution < 1.29 is 14.7 Å². The Bertz CT molecular complexity index is 566.